The number of hydrogen-bond donors (Lipinski definition) is 1. The standard InChI is InChI=1S/C32H26N6O4/c1-2-41-32(40)27-20-34-38-29(15-17-33-30(27)38)24-9-6-10-25(19-24)35-31(39)28-16-18-37(36-28)21-42-26-13-11-23(12-14-26)22-7-4-3-5-8-22/h3-20H,2,21H2,1H3,(H,35,39). The molecule has 1 amide bonds. The number of nitrogens with zero attached hydrogens (tertiary/aromatic N) is 5. The summed E-state index contributed by atoms with van der Waals surface area (Å²) < 4.78 is 14.1. The monoisotopic (exact) mass is 558 g/mol. The summed E-state index contributed by atoms with van der Waals surface area (Å²) in [7, 11) is 0. The number of aromatic nitrogens is 5. The maximum atomic E-state index is 13.0. The summed E-state index contributed by atoms with van der Waals surface area (Å²) in [5, 5.41) is 11.6. The van der Waals surface area contributed by atoms with Crippen molar-refractivity contribution in [3.05, 3.63) is 121 Å². The van der Waals surface area contributed by atoms with Crippen molar-refractivity contribution in [2.75, 3.05) is 11.9 Å². The Kier molecular flexibility index (Phi) is 7.41. The van der Waals surface area contributed by atoms with Crippen LogP contribution in [0.1, 0.15) is 27.8 Å². The van der Waals surface area contributed by atoms with E-state index in [1.54, 1.807) is 46.7 Å². The topological polar surface area (TPSA) is 113 Å². The molecule has 0 unspecified atom stereocenters. The van der Waals surface area contributed by atoms with Crippen molar-refractivity contribution in [1.29, 1.82) is 0 Å². The Morgan fingerprint density at radius 2 is 1.67 bits per heavy atom. The molecule has 0 fully saturated rings. The van der Waals surface area contributed by atoms with Gasteiger partial charge < -0.3 is 14.8 Å². The molecule has 10 heteroatoms. The first-order valence-electron chi connectivity index (χ1n) is 13.3. The lowest BCUT2D eigenvalue weighted by molar-refractivity contribution is 0.0528. The van der Waals surface area contributed by atoms with Gasteiger partial charge >= 0.3 is 5.97 Å². The lowest BCUT2D eigenvalue weighted by Crippen LogP contribution is -2.14. The molecule has 10 nitrogen and oxygen atoms in total. The summed E-state index contributed by atoms with van der Waals surface area (Å²) in [6, 6.07) is 28.7. The van der Waals surface area contributed by atoms with E-state index in [1.165, 1.54) is 6.20 Å². The zero-order valence-electron chi connectivity index (χ0n) is 22.7. The van der Waals surface area contributed by atoms with Gasteiger partial charge in [-0.3, -0.25) is 4.79 Å². The number of nitrogens with one attached hydrogen (secondary N) is 1. The van der Waals surface area contributed by atoms with E-state index in [0.717, 1.165) is 16.7 Å². The third-order valence-corrected chi connectivity index (χ3v) is 6.51. The molecule has 0 radical (unpaired) electrons. The van der Waals surface area contributed by atoms with E-state index in [9.17, 15) is 9.59 Å². The second-order valence-corrected chi connectivity index (χ2v) is 9.28. The first kappa shape index (κ1) is 26.5. The SMILES string of the molecule is CCOC(=O)c1cnn2c(-c3cccc(NC(=O)c4ccn(COc5ccc(-c6ccccc6)cc5)n4)c3)ccnc12. The largest absolute Gasteiger partial charge is 0.471 e. The molecule has 0 atom stereocenters. The number of ether oxygens (including phenoxy) is 2. The van der Waals surface area contributed by atoms with E-state index in [4.69, 9.17) is 9.47 Å². The van der Waals surface area contributed by atoms with Gasteiger partial charge in [0.1, 0.15) is 11.3 Å². The molecule has 3 heterocycles. The summed E-state index contributed by atoms with van der Waals surface area (Å²) >= 11 is 0. The molecule has 0 saturated carbocycles. The number of carbonyl (C=O) groups is 2. The van der Waals surface area contributed by atoms with Crippen molar-refractivity contribution in [3.8, 4) is 28.1 Å². The normalized spacial score (nSPS) is 10.9. The average Bonchev–Trinajstić information content (AvgIpc) is 3.69. The summed E-state index contributed by atoms with van der Waals surface area (Å²) in [5.41, 5.74) is 5.21. The van der Waals surface area contributed by atoms with Gasteiger partial charge in [-0.15, -0.1) is 0 Å². The minimum absolute atomic E-state index is 0.156. The molecule has 0 bridgehead atoms. The Bertz CT molecular complexity index is 1860. The van der Waals surface area contributed by atoms with Crippen LogP contribution in [0.5, 0.6) is 5.75 Å². The zero-order valence-corrected chi connectivity index (χ0v) is 22.7. The second-order valence-electron chi connectivity index (χ2n) is 9.28. The molecule has 0 aliphatic carbocycles. The highest BCUT2D eigenvalue weighted by Crippen LogP contribution is 2.25. The van der Waals surface area contributed by atoms with E-state index in [-0.39, 0.29) is 30.5 Å². The first-order chi connectivity index (χ1) is 20.6. The molecule has 6 aromatic rings. The smallest absolute Gasteiger partial charge is 0.343 e. The Balaban J connectivity index is 1.11. The summed E-state index contributed by atoms with van der Waals surface area (Å²) in [5.74, 6) is -0.143. The lowest BCUT2D eigenvalue weighted by Gasteiger charge is -2.09. The van der Waals surface area contributed by atoms with Crippen LogP contribution in [0.2, 0.25) is 0 Å². The van der Waals surface area contributed by atoms with Crippen molar-refractivity contribution in [1.82, 2.24) is 24.4 Å². The number of esters is 1. The first-order valence-corrected chi connectivity index (χ1v) is 13.3. The van der Waals surface area contributed by atoms with E-state index in [1.807, 2.05) is 60.7 Å². The van der Waals surface area contributed by atoms with Gasteiger partial charge in [0.2, 0.25) is 0 Å². The van der Waals surface area contributed by atoms with E-state index >= 15 is 0 Å². The third kappa shape index (κ3) is 5.59. The fraction of sp³-hybridized carbons (Fsp3) is 0.0938. The summed E-state index contributed by atoms with van der Waals surface area (Å²) in [6.07, 6.45) is 4.73. The van der Waals surface area contributed by atoms with Gasteiger partial charge in [0, 0.05) is 23.6 Å². The average molecular weight is 559 g/mol. The van der Waals surface area contributed by atoms with Gasteiger partial charge in [0.05, 0.1) is 18.5 Å². The van der Waals surface area contributed by atoms with Crippen molar-refractivity contribution in [2.45, 2.75) is 13.7 Å². The molecule has 0 spiro atoms. The number of carbonyl (C=O) groups excluding carboxylic acids is 2. The Labute approximate surface area is 241 Å². The van der Waals surface area contributed by atoms with Gasteiger partial charge in [-0.2, -0.15) is 10.2 Å². The minimum atomic E-state index is -0.482. The zero-order chi connectivity index (χ0) is 28.9. The highest BCUT2D eigenvalue weighted by atomic mass is 16.5. The van der Waals surface area contributed by atoms with Crippen LogP contribution in [0.25, 0.3) is 28.0 Å². The summed E-state index contributed by atoms with van der Waals surface area (Å²) in [4.78, 5) is 29.5. The van der Waals surface area contributed by atoms with Crippen molar-refractivity contribution < 1.29 is 19.1 Å². The quantitative estimate of drug-likeness (QED) is 0.226. The summed E-state index contributed by atoms with van der Waals surface area (Å²) in [6.45, 7) is 2.15. The van der Waals surface area contributed by atoms with E-state index in [0.29, 0.717) is 22.8 Å². The molecule has 0 aliphatic heterocycles. The molecule has 3 aromatic heterocycles. The fourth-order valence-corrected chi connectivity index (χ4v) is 4.48. The van der Waals surface area contributed by atoms with E-state index < -0.39 is 5.97 Å². The minimum Gasteiger partial charge on any atom is -0.471 e. The maximum absolute atomic E-state index is 13.0. The van der Waals surface area contributed by atoms with Crippen LogP contribution in [-0.4, -0.2) is 42.9 Å². The molecular formula is C32H26N6O4. The number of rotatable bonds is 9. The molecule has 6 rings (SSSR count). The van der Waals surface area contributed by atoms with Crippen molar-refractivity contribution in [3.63, 3.8) is 0 Å². The van der Waals surface area contributed by atoms with Crippen LogP contribution in [0, 0.1) is 0 Å². The Hall–Kier alpha value is -5.77. The molecule has 42 heavy (non-hydrogen) atoms. The highest BCUT2D eigenvalue weighted by Gasteiger charge is 2.17. The van der Waals surface area contributed by atoms with Crippen LogP contribution in [0.15, 0.2) is 110 Å². The van der Waals surface area contributed by atoms with E-state index in [2.05, 4.69) is 32.6 Å². The van der Waals surface area contributed by atoms with Crippen LogP contribution in [0.3, 0.4) is 0 Å². The van der Waals surface area contributed by atoms with Gasteiger partial charge in [-0.25, -0.2) is 19.0 Å². The van der Waals surface area contributed by atoms with Gasteiger partial charge in [-0.1, -0.05) is 54.6 Å². The van der Waals surface area contributed by atoms with Gasteiger partial charge in [0.25, 0.3) is 5.91 Å². The molecule has 0 aliphatic rings. The molecule has 0 saturated heterocycles. The van der Waals surface area contributed by atoms with Gasteiger partial charge in [0.15, 0.2) is 18.1 Å². The third-order valence-electron chi connectivity index (χ3n) is 6.51. The molecular weight excluding hydrogens is 532 g/mol. The molecule has 1 N–H and O–H groups in total. The number of fused-ring (bicyclic) bond motifs is 1. The maximum Gasteiger partial charge on any atom is 0.343 e. The highest BCUT2D eigenvalue weighted by molar-refractivity contribution is 6.03. The Morgan fingerprint density at radius 1 is 0.881 bits per heavy atom. The second kappa shape index (κ2) is 11.8. The molecule has 208 valence electrons. The number of amides is 1. The number of hydrogen-bond acceptors (Lipinski definition) is 7. The fourth-order valence-electron chi connectivity index (χ4n) is 4.48. The predicted octanol–water partition coefficient (Wildman–Crippen LogP) is 5.73. The van der Waals surface area contributed by atoms with Gasteiger partial charge in [-0.05, 0) is 54.4 Å². The predicted molar refractivity (Wildman–Crippen MR) is 157 cm³/mol. The lowest BCUT2D eigenvalue weighted by atomic mass is 10.1. The van der Waals surface area contributed by atoms with Crippen LogP contribution in [-0.2, 0) is 11.5 Å². The number of benzene rings is 3. The molecule has 3 aromatic carbocycles. The van der Waals surface area contributed by atoms with Crippen LogP contribution in [0.4, 0.5) is 5.69 Å². The van der Waals surface area contributed by atoms with Crippen molar-refractivity contribution in [2.24, 2.45) is 0 Å². The van der Waals surface area contributed by atoms with Crippen LogP contribution < -0.4 is 10.1 Å². The van der Waals surface area contributed by atoms with Crippen LogP contribution >= 0.6 is 0 Å². The van der Waals surface area contributed by atoms with Crippen molar-refractivity contribution >= 4 is 23.2 Å². The Morgan fingerprint density at radius 3 is 2.48 bits per heavy atom. The number of anilines is 1.